The number of rotatable bonds is 9. The van der Waals surface area contributed by atoms with Crippen molar-refractivity contribution in [2.75, 3.05) is 6.54 Å². The molecule has 1 aliphatic carbocycles. The molecule has 0 saturated heterocycles. The van der Waals surface area contributed by atoms with E-state index in [1.165, 1.54) is 16.8 Å². The molecular weight excluding hydrogens is 575 g/mol. The molecule has 0 bridgehead atoms. The highest BCUT2D eigenvalue weighted by Crippen LogP contribution is 2.41. The predicted octanol–water partition coefficient (Wildman–Crippen LogP) is 5.01. The number of hydrogen-bond acceptors (Lipinski definition) is 7. The van der Waals surface area contributed by atoms with Crippen molar-refractivity contribution >= 4 is 17.5 Å². The van der Waals surface area contributed by atoms with E-state index < -0.39 is 53.6 Å². The Bertz CT molecular complexity index is 1240. The van der Waals surface area contributed by atoms with Gasteiger partial charge in [-0.05, 0) is 57.6 Å². The number of nitrogens with one attached hydrogen (secondary N) is 1. The molecule has 1 amide bonds. The SMILES string of the molecule is CCn1nc(C(=O)NCC2(O)CCC(C)CC2)c(C)c1-c1ccc(CC(C)(C)C(F)(F)F)nc1OC(F)F.O=S=O. The number of carbonyl (C=O) groups is 1. The molecule has 1 saturated carbocycles. The summed E-state index contributed by atoms with van der Waals surface area (Å²) >= 11 is -0.750. The first-order chi connectivity index (χ1) is 19.0. The quantitative estimate of drug-likeness (QED) is 0.383. The van der Waals surface area contributed by atoms with Gasteiger partial charge in [-0.3, -0.25) is 9.48 Å². The normalized spacial score (nSPS) is 19.4. The number of halogens is 5. The van der Waals surface area contributed by atoms with E-state index in [4.69, 9.17) is 8.42 Å². The van der Waals surface area contributed by atoms with Crippen LogP contribution >= 0.6 is 0 Å². The molecule has 230 valence electrons. The van der Waals surface area contributed by atoms with Gasteiger partial charge in [0.05, 0.1) is 22.3 Å². The number of carbonyl (C=O) groups excluding carboxylic acids is 1. The predicted molar refractivity (Wildman–Crippen MR) is 140 cm³/mol. The number of pyridine rings is 1. The van der Waals surface area contributed by atoms with Gasteiger partial charge in [0.15, 0.2) is 5.69 Å². The Morgan fingerprint density at radius 2 is 1.83 bits per heavy atom. The van der Waals surface area contributed by atoms with Crippen LogP contribution in [0, 0.1) is 18.3 Å². The van der Waals surface area contributed by atoms with E-state index in [9.17, 15) is 31.9 Å². The topological polar surface area (TPSA) is 123 Å². The van der Waals surface area contributed by atoms with Crippen LogP contribution < -0.4 is 10.1 Å². The highest BCUT2D eigenvalue weighted by molar-refractivity contribution is 7.51. The summed E-state index contributed by atoms with van der Waals surface area (Å²) in [6.07, 6.45) is -2.22. The minimum absolute atomic E-state index is 0.0416. The van der Waals surface area contributed by atoms with Gasteiger partial charge in [0.1, 0.15) is 0 Å². The molecular formula is C26H35F5N4O5S. The van der Waals surface area contributed by atoms with Gasteiger partial charge in [0.2, 0.25) is 5.88 Å². The van der Waals surface area contributed by atoms with Gasteiger partial charge in [-0.25, -0.2) is 4.98 Å². The van der Waals surface area contributed by atoms with E-state index in [1.807, 2.05) is 0 Å². The van der Waals surface area contributed by atoms with Crippen molar-refractivity contribution in [3.63, 3.8) is 0 Å². The summed E-state index contributed by atoms with van der Waals surface area (Å²) in [7, 11) is 0. The molecule has 1 fully saturated rings. The van der Waals surface area contributed by atoms with Crippen molar-refractivity contribution < 1.29 is 45.0 Å². The van der Waals surface area contributed by atoms with Crippen molar-refractivity contribution in [3.05, 3.63) is 29.1 Å². The number of amides is 1. The van der Waals surface area contributed by atoms with Crippen LogP contribution in [0.4, 0.5) is 22.0 Å². The molecule has 0 aromatic carbocycles. The van der Waals surface area contributed by atoms with Crippen LogP contribution in [0.2, 0.25) is 0 Å². The van der Waals surface area contributed by atoms with Crippen molar-refractivity contribution in [3.8, 4) is 17.1 Å². The smallest absolute Gasteiger partial charge is 0.394 e. The van der Waals surface area contributed by atoms with E-state index in [-0.39, 0.29) is 35.7 Å². The van der Waals surface area contributed by atoms with Crippen LogP contribution in [0.25, 0.3) is 11.3 Å². The monoisotopic (exact) mass is 610 g/mol. The summed E-state index contributed by atoms with van der Waals surface area (Å²) in [5.41, 5.74) is -2.46. The summed E-state index contributed by atoms with van der Waals surface area (Å²) in [6.45, 7) is 4.50. The van der Waals surface area contributed by atoms with Crippen LogP contribution in [0.5, 0.6) is 5.88 Å². The number of aryl methyl sites for hydroxylation is 1. The fraction of sp³-hybridized carbons (Fsp3) is 0.654. The van der Waals surface area contributed by atoms with Gasteiger partial charge in [0, 0.05) is 30.8 Å². The highest BCUT2D eigenvalue weighted by atomic mass is 32.1. The highest BCUT2D eigenvalue weighted by Gasteiger charge is 2.47. The number of ether oxygens (including phenoxy) is 1. The Morgan fingerprint density at radius 1 is 1.24 bits per heavy atom. The zero-order chi connectivity index (χ0) is 31.2. The van der Waals surface area contributed by atoms with Gasteiger partial charge in [-0.1, -0.05) is 20.8 Å². The van der Waals surface area contributed by atoms with Crippen LogP contribution in [0.3, 0.4) is 0 Å². The fourth-order valence-electron chi connectivity index (χ4n) is 4.63. The molecule has 2 aromatic heterocycles. The maximum Gasteiger partial charge on any atom is 0.394 e. The zero-order valence-electron chi connectivity index (χ0n) is 23.5. The molecule has 0 aliphatic heterocycles. The largest absolute Gasteiger partial charge is 0.416 e. The summed E-state index contributed by atoms with van der Waals surface area (Å²) < 4.78 is 89.3. The number of nitrogens with zero attached hydrogens (tertiary/aromatic N) is 3. The summed E-state index contributed by atoms with van der Waals surface area (Å²) in [5, 5.41) is 17.9. The van der Waals surface area contributed by atoms with Crippen molar-refractivity contribution in [2.45, 2.75) is 91.7 Å². The first-order valence-electron chi connectivity index (χ1n) is 13.0. The first kappa shape index (κ1) is 34.3. The van der Waals surface area contributed by atoms with Crippen molar-refractivity contribution in [1.29, 1.82) is 0 Å². The number of aliphatic hydroxyl groups is 1. The Morgan fingerprint density at radius 3 is 2.34 bits per heavy atom. The van der Waals surface area contributed by atoms with Gasteiger partial charge < -0.3 is 15.2 Å². The number of aromatic nitrogens is 3. The molecule has 0 radical (unpaired) electrons. The molecule has 41 heavy (non-hydrogen) atoms. The van der Waals surface area contributed by atoms with Crippen LogP contribution in [0.1, 0.15) is 75.1 Å². The first-order valence-corrected chi connectivity index (χ1v) is 13.7. The lowest BCUT2D eigenvalue weighted by molar-refractivity contribution is -0.211. The standard InChI is InChI=1S/C26H35F5N4O3.O2S/c1-6-35-20(16(3)19(34-35)21(36)32-14-25(37)11-9-15(2)10-12-25)18-8-7-17(33-22(18)38-23(27)28)13-24(4,5)26(29,30)31;1-3-2/h7-8,15,23,37H,6,9-14H2,1-5H3,(H,32,36);. The maximum absolute atomic E-state index is 13.4. The lowest BCUT2D eigenvalue weighted by Crippen LogP contribution is -2.45. The Labute approximate surface area is 238 Å². The molecule has 2 heterocycles. The molecule has 15 heteroatoms. The van der Waals surface area contributed by atoms with E-state index in [0.29, 0.717) is 24.3 Å². The molecule has 2 aromatic rings. The van der Waals surface area contributed by atoms with E-state index in [0.717, 1.165) is 26.7 Å². The van der Waals surface area contributed by atoms with Crippen LogP contribution in [0.15, 0.2) is 12.1 Å². The second-order valence-electron chi connectivity index (χ2n) is 10.9. The molecule has 0 atom stereocenters. The lowest BCUT2D eigenvalue weighted by atomic mass is 9.79. The Balaban J connectivity index is 0.00000187. The van der Waals surface area contributed by atoms with Crippen LogP contribution in [-0.2, 0) is 24.5 Å². The van der Waals surface area contributed by atoms with Crippen LogP contribution in [-0.4, -0.2) is 59.1 Å². The summed E-state index contributed by atoms with van der Waals surface area (Å²) in [4.78, 5) is 17.0. The molecule has 9 nitrogen and oxygen atoms in total. The van der Waals surface area contributed by atoms with Gasteiger partial charge in [0.25, 0.3) is 5.91 Å². The lowest BCUT2D eigenvalue weighted by Gasteiger charge is -2.34. The summed E-state index contributed by atoms with van der Waals surface area (Å²) in [6, 6.07) is 2.68. The van der Waals surface area contributed by atoms with E-state index in [1.54, 1.807) is 13.8 Å². The number of alkyl halides is 5. The molecule has 2 N–H and O–H groups in total. The van der Waals surface area contributed by atoms with E-state index >= 15 is 0 Å². The third kappa shape index (κ3) is 8.77. The Hall–Kier alpha value is -2.94. The summed E-state index contributed by atoms with van der Waals surface area (Å²) in [5.74, 6) is -0.568. The second-order valence-corrected chi connectivity index (χ2v) is 11.0. The molecule has 0 unspecified atom stereocenters. The van der Waals surface area contributed by atoms with Crippen molar-refractivity contribution in [2.24, 2.45) is 11.3 Å². The minimum Gasteiger partial charge on any atom is -0.416 e. The Kier molecular flexibility index (Phi) is 11.5. The van der Waals surface area contributed by atoms with Gasteiger partial charge >= 0.3 is 24.4 Å². The van der Waals surface area contributed by atoms with E-state index in [2.05, 4.69) is 27.1 Å². The third-order valence-electron chi connectivity index (χ3n) is 7.25. The maximum atomic E-state index is 13.4. The fourth-order valence-corrected chi connectivity index (χ4v) is 4.63. The zero-order valence-corrected chi connectivity index (χ0v) is 24.3. The molecule has 0 spiro atoms. The van der Waals surface area contributed by atoms with Gasteiger partial charge in [-0.2, -0.15) is 35.5 Å². The average molecular weight is 611 g/mol. The van der Waals surface area contributed by atoms with Crippen molar-refractivity contribution in [1.82, 2.24) is 20.1 Å². The second kappa shape index (κ2) is 13.8. The number of hydrogen-bond donors (Lipinski definition) is 2. The molecule has 1 aliphatic rings. The van der Waals surface area contributed by atoms with Gasteiger partial charge in [-0.15, -0.1) is 0 Å². The minimum atomic E-state index is -4.53. The molecule has 3 rings (SSSR count). The average Bonchev–Trinajstić information content (AvgIpc) is 3.20. The third-order valence-corrected chi connectivity index (χ3v) is 7.25.